The number of aryl methyl sites for hydroxylation is 3. The first kappa shape index (κ1) is 12.6. The van der Waals surface area contributed by atoms with Gasteiger partial charge in [0.25, 0.3) is 0 Å². The molecule has 1 unspecified atom stereocenters. The number of aromatic nitrogens is 3. The van der Waals surface area contributed by atoms with Gasteiger partial charge < -0.3 is 10.4 Å². The monoisotopic (exact) mass is 226 g/mol. The summed E-state index contributed by atoms with van der Waals surface area (Å²) >= 11 is 0. The van der Waals surface area contributed by atoms with Crippen LogP contribution in [0.2, 0.25) is 0 Å². The smallest absolute Gasteiger partial charge is 0.320 e. The summed E-state index contributed by atoms with van der Waals surface area (Å²) in [5, 5.41) is 16.1. The Morgan fingerprint density at radius 2 is 2.25 bits per heavy atom. The van der Waals surface area contributed by atoms with Gasteiger partial charge in [0.15, 0.2) is 0 Å². The van der Waals surface area contributed by atoms with Crippen LogP contribution in [0, 0.1) is 13.8 Å². The third kappa shape index (κ3) is 3.30. The molecule has 0 aromatic carbocycles. The molecule has 0 amide bonds. The van der Waals surface area contributed by atoms with Crippen molar-refractivity contribution < 1.29 is 9.90 Å². The van der Waals surface area contributed by atoms with Crippen molar-refractivity contribution in [3.63, 3.8) is 0 Å². The van der Waals surface area contributed by atoms with E-state index in [0.29, 0.717) is 25.3 Å². The predicted molar refractivity (Wildman–Crippen MR) is 59.2 cm³/mol. The van der Waals surface area contributed by atoms with Gasteiger partial charge in [0.2, 0.25) is 0 Å². The summed E-state index contributed by atoms with van der Waals surface area (Å²) in [6.45, 7) is 6.79. The van der Waals surface area contributed by atoms with Crippen LogP contribution in [0.5, 0.6) is 0 Å². The van der Waals surface area contributed by atoms with Crippen LogP contribution >= 0.6 is 0 Å². The van der Waals surface area contributed by atoms with Crippen molar-refractivity contribution in [3.8, 4) is 0 Å². The van der Waals surface area contributed by atoms with E-state index in [-0.39, 0.29) is 0 Å². The maximum atomic E-state index is 10.9. The third-order valence-corrected chi connectivity index (χ3v) is 2.34. The molecule has 1 heterocycles. The topological polar surface area (TPSA) is 80.0 Å². The van der Waals surface area contributed by atoms with Crippen molar-refractivity contribution in [2.45, 2.75) is 39.8 Å². The molecule has 0 spiro atoms. The maximum absolute atomic E-state index is 10.9. The average Bonchev–Trinajstić information content (AvgIpc) is 2.51. The SMILES string of the molecule is CCNC(CCn1nc(C)nc1C)C(=O)O. The van der Waals surface area contributed by atoms with Gasteiger partial charge in [0, 0.05) is 6.54 Å². The minimum atomic E-state index is -0.823. The molecule has 6 heteroatoms. The molecule has 6 nitrogen and oxygen atoms in total. The summed E-state index contributed by atoms with van der Waals surface area (Å²) in [6, 6.07) is -0.520. The highest BCUT2D eigenvalue weighted by Crippen LogP contribution is 2.01. The molecule has 16 heavy (non-hydrogen) atoms. The van der Waals surface area contributed by atoms with E-state index in [0.717, 1.165) is 5.82 Å². The third-order valence-electron chi connectivity index (χ3n) is 2.34. The van der Waals surface area contributed by atoms with Crippen LogP contribution in [-0.2, 0) is 11.3 Å². The summed E-state index contributed by atoms with van der Waals surface area (Å²) in [5.74, 6) is 0.710. The standard InChI is InChI=1S/C10H18N4O2/c1-4-11-9(10(15)16)5-6-14-8(3)12-7(2)13-14/h9,11H,4-6H2,1-3H3,(H,15,16). The van der Waals surface area contributed by atoms with Gasteiger partial charge in [-0.3, -0.25) is 9.48 Å². The van der Waals surface area contributed by atoms with E-state index in [1.54, 1.807) is 4.68 Å². The highest BCUT2D eigenvalue weighted by molar-refractivity contribution is 5.73. The minimum absolute atomic E-state index is 0.507. The summed E-state index contributed by atoms with van der Waals surface area (Å²) in [6.07, 6.45) is 0.507. The van der Waals surface area contributed by atoms with E-state index in [2.05, 4.69) is 15.4 Å². The van der Waals surface area contributed by atoms with Gasteiger partial charge in [0.05, 0.1) is 0 Å². The lowest BCUT2D eigenvalue weighted by Crippen LogP contribution is -2.37. The fourth-order valence-corrected chi connectivity index (χ4v) is 1.58. The quantitative estimate of drug-likeness (QED) is 0.731. The molecule has 1 aromatic rings. The Morgan fingerprint density at radius 3 is 2.69 bits per heavy atom. The molecule has 90 valence electrons. The van der Waals surface area contributed by atoms with Gasteiger partial charge in [-0.25, -0.2) is 4.98 Å². The Balaban J connectivity index is 2.55. The minimum Gasteiger partial charge on any atom is -0.480 e. The number of rotatable bonds is 6. The number of aliphatic carboxylic acids is 1. The van der Waals surface area contributed by atoms with Crippen molar-refractivity contribution in [1.29, 1.82) is 0 Å². The number of carboxylic acid groups (broad SMARTS) is 1. The first-order valence-corrected chi connectivity index (χ1v) is 5.38. The van der Waals surface area contributed by atoms with E-state index in [1.165, 1.54) is 0 Å². The maximum Gasteiger partial charge on any atom is 0.320 e. The molecular weight excluding hydrogens is 208 g/mol. The van der Waals surface area contributed by atoms with E-state index in [4.69, 9.17) is 5.11 Å². The normalized spacial score (nSPS) is 12.7. The van der Waals surface area contributed by atoms with Crippen LogP contribution in [-0.4, -0.2) is 38.4 Å². The largest absolute Gasteiger partial charge is 0.480 e. The first-order valence-electron chi connectivity index (χ1n) is 5.38. The molecule has 0 bridgehead atoms. The van der Waals surface area contributed by atoms with E-state index < -0.39 is 12.0 Å². The highest BCUT2D eigenvalue weighted by atomic mass is 16.4. The predicted octanol–water partition coefficient (Wildman–Crippen LogP) is 0.348. The van der Waals surface area contributed by atoms with Gasteiger partial charge in [-0.05, 0) is 26.8 Å². The zero-order valence-corrected chi connectivity index (χ0v) is 9.90. The fourth-order valence-electron chi connectivity index (χ4n) is 1.58. The van der Waals surface area contributed by atoms with Crippen LogP contribution in [0.25, 0.3) is 0 Å². The van der Waals surface area contributed by atoms with Crippen LogP contribution in [0.15, 0.2) is 0 Å². The van der Waals surface area contributed by atoms with E-state index in [1.807, 2.05) is 20.8 Å². The molecule has 0 aliphatic carbocycles. The van der Waals surface area contributed by atoms with Crippen molar-refractivity contribution in [3.05, 3.63) is 11.6 Å². The second-order valence-corrected chi connectivity index (χ2v) is 3.67. The Bertz CT molecular complexity index is 362. The van der Waals surface area contributed by atoms with Gasteiger partial charge in [-0.2, -0.15) is 5.10 Å². The number of hydrogen-bond donors (Lipinski definition) is 2. The Morgan fingerprint density at radius 1 is 1.56 bits per heavy atom. The van der Waals surface area contributed by atoms with Crippen LogP contribution < -0.4 is 5.32 Å². The first-order chi connectivity index (χ1) is 7.54. The van der Waals surface area contributed by atoms with E-state index in [9.17, 15) is 4.79 Å². The zero-order valence-electron chi connectivity index (χ0n) is 9.90. The van der Waals surface area contributed by atoms with Gasteiger partial charge >= 0.3 is 5.97 Å². The number of nitrogens with one attached hydrogen (secondary N) is 1. The Kier molecular flexibility index (Phi) is 4.42. The van der Waals surface area contributed by atoms with Gasteiger partial charge in [-0.1, -0.05) is 6.92 Å². The zero-order chi connectivity index (χ0) is 12.1. The van der Waals surface area contributed by atoms with Crippen LogP contribution in [0.3, 0.4) is 0 Å². The molecule has 0 aliphatic rings. The van der Waals surface area contributed by atoms with Gasteiger partial charge in [0.1, 0.15) is 17.7 Å². The van der Waals surface area contributed by atoms with Crippen molar-refractivity contribution in [2.75, 3.05) is 6.54 Å². The number of carbonyl (C=O) groups is 1. The lowest BCUT2D eigenvalue weighted by Gasteiger charge is -2.12. The molecule has 2 N–H and O–H groups in total. The average molecular weight is 226 g/mol. The number of nitrogens with zero attached hydrogens (tertiary/aromatic N) is 3. The Hall–Kier alpha value is -1.43. The lowest BCUT2D eigenvalue weighted by molar-refractivity contribution is -0.139. The summed E-state index contributed by atoms with van der Waals surface area (Å²) in [5.41, 5.74) is 0. The lowest BCUT2D eigenvalue weighted by atomic mass is 10.2. The molecule has 0 fully saturated rings. The molecule has 1 rings (SSSR count). The summed E-state index contributed by atoms with van der Waals surface area (Å²) in [4.78, 5) is 15.1. The number of carboxylic acids is 1. The van der Waals surface area contributed by atoms with Gasteiger partial charge in [-0.15, -0.1) is 0 Å². The molecule has 0 saturated heterocycles. The molecule has 1 atom stereocenters. The van der Waals surface area contributed by atoms with Crippen LogP contribution in [0.4, 0.5) is 0 Å². The molecule has 0 saturated carbocycles. The number of likely N-dealkylation sites (N-methyl/N-ethyl adjacent to an activating group) is 1. The summed E-state index contributed by atoms with van der Waals surface area (Å²) < 4.78 is 1.74. The van der Waals surface area contributed by atoms with E-state index >= 15 is 0 Å². The fraction of sp³-hybridized carbons (Fsp3) is 0.700. The Labute approximate surface area is 94.7 Å². The second kappa shape index (κ2) is 5.60. The summed E-state index contributed by atoms with van der Waals surface area (Å²) in [7, 11) is 0. The van der Waals surface area contributed by atoms with Crippen molar-refractivity contribution in [2.24, 2.45) is 0 Å². The van der Waals surface area contributed by atoms with Crippen molar-refractivity contribution in [1.82, 2.24) is 20.1 Å². The highest BCUT2D eigenvalue weighted by Gasteiger charge is 2.16. The molecule has 1 aromatic heterocycles. The van der Waals surface area contributed by atoms with Crippen LogP contribution in [0.1, 0.15) is 25.0 Å². The second-order valence-electron chi connectivity index (χ2n) is 3.67. The number of hydrogen-bond acceptors (Lipinski definition) is 4. The van der Waals surface area contributed by atoms with Crippen molar-refractivity contribution >= 4 is 5.97 Å². The molecular formula is C10H18N4O2. The molecule has 0 aliphatic heterocycles. The molecule has 0 radical (unpaired) electrons.